The maximum absolute atomic E-state index is 13.2. The lowest BCUT2D eigenvalue weighted by molar-refractivity contribution is -0.114. The monoisotopic (exact) mass is 507 g/mol. The highest BCUT2D eigenvalue weighted by Gasteiger charge is 2.30. The van der Waals surface area contributed by atoms with Crippen LogP contribution in [0.2, 0.25) is 5.02 Å². The van der Waals surface area contributed by atoms with Gasteiger partial charge < -0.3 is 19.1 Å². The van der Waals surface area contributed by atoms with Crippen LogP contribution in [0.1, 0.15) is 26.5 Å². The second kappa shape index (κ2) is 9.64. The molecule has 0 aliphatic carbocycles. The summed E-state index contributed by atoms with van der Waals surface area (Å²) in [5, 5.41) is 0.578. The number of furan rings is 1. The average Bonchev–Trinajstić information content (AvgIpc) is 3.43. The SMILES string of the molecule is CN1C(=O)C(=Cc2ccccc2Cl)Sc2ccc(C(=O)N3CCN(C(=O)c4ccco4)CC3)cc21. The normalized spacial score (nSPS) is 17.0. The number of carbonyl (C=O) groups is 3. The zero-order valence-corrected chi connectivity index (χ0v) is 20.5. The molecule has 1 saturated heterocycles. The number of benzene rings is 2. The minimum absolute atomic E-state index is 0.124. The molecule has 0 unspecified atom stereocenters. The Hall–Kier alpha value is -3.49. The van der Waals surface area contributed by atoms with Gasteiger partial charge in [0.05, 0.1) is 16.9 Å². The number of hydrogen-bond donors (Lipinski definition) is 0. The maximum atomic E-state index is 13.2. The number of thioether (sulfide) groups is 1. The number of halogens is 1. The Kier molecular flexibility index (Phi) is 6.40. The van der Waals surface area contributed by atoms with Gasteiger partial charge >= 0.3 is 0 Å². The van der Waals surface area contributed by atoms with Gasteiger partial charge in [-0.25, -0.2) is 0 Å². The Morgan fingerprint density at radius 2 is 1.69 bits per heavy atom. The summed E-state index contributed by atoms with van der Waals surface area (Å²) in [7, 11) is 1.70. The van der Waals surface area contributed by atoms with E-state index < -0.39 is 0 Å². The molecule has 35 heavy (non-hydrogen) atoms. The Balaban J connectivity index is 1.30. The lowest BCUT2D eigenvalue weighted by Gasteiger charge is -2.34. The van der Waals surface area contributed by atoms with Crippen molar-refractivity contribution >= 4 is 52.8 Å². The zero-order chi connectivity index (χ0) is 24.5. The van der Waals surface area contributed by atoms with Crippen LogP contribution in [-0.2, 0) is 4.79 Å². The molecule has 0 bridgehead atoms. The second-order valence-corrected chi connectivity index (χ2v) is 9.73. The highest BCUT2D eigenvalue weighted by Crippen LogP contribution is 2.42. The van der Waals surface area contributed by atoms with Crippen molar-refractivity contribution in [1.29, 1.82) is 0 Å². The Morgan fingerprint density at radius 3 is 2.37 bits per heavy atom. The number of piperazine rings is 1. The number of hydrogen-bond acceptors (Lipinski definition) is 5. The van der Waals surface area contributed by atoms with Crippen LogP contribution < -0.4 is 4.90 Å². The van der Waals surface area contributed by atoms with Gasteiger partial charge in [-0.1, -0.05) is 41.6 Å². The number of fused-ring (bicyclic) bond motifs is 1. The van der Waals surface area contributed by atoms with Crippen molar-refractivity contribution in [3.8, 4) is 0 Å². The van der Waals surface area contributed by atoms with Crippen LogP contribution in [0.3, 0.4) is 0 Å². The van der Waals surface area contributed by atoms with Crippen LogP contribution in [0.25, 0.3) is 6.08 Å². The van der Waals surface area contributed by atoms with Gasteiger partial charge in [-0.05, 0) is 48.0 Å². The summed E-state index contributed by atoms with van der Waals surface area (Å²) in [5.74, 6) is -0.153. The average molecular weight is 508 g/mol. The standard InChI is InChI=1S/C26H22ClN3O4S/c1-28-20-15-18(24(31)29-10-12-30(13-11-29)25(32)21-7-4-14-34-21)8-9-22(20)35-23(26(28)33)16-17-5-2-3-6-19(17)27/h2-9,14-16H,10-13H2,1H3. The lowest BCUT2D eigenvalue weighted by Crippen LogP contribution is -2.50. The van der Waals surface area contributed by atoms with E-state index in [1.54, 1.807) is 58.2 Å². The molecule has 0 saturated carbocycles. The van der Waals surface area contributed by atoms with Gasteiger partial charge in [-0.2, -0.15) is 0 Å². The topological polar surface area (TPSA) is 74.1 Å². The van der Waals surface area contributed by atoms with Crippen molar-refractivity contribution in [3.63, 3.8) is 0 Å². The summed E-state index contributed by atoms with van der Waals surface area (Å²) < 4.78 is 5.19. The number of anilines is 1. The number of rotatable bonds is 3. The summed E-state index contributed by atoms with van der Waals surface area (Å²) in [6.07, 6.45) is 3.26. The molecule has 2 aliphatic rings. The molecule has 2 aromatic carbocycles. The molecule has 5 rings (SSSR count). The predicted molar refractivity (Wildman–Crippen MR) is 136 cm³/mol. The quantitative estimate of drug-likeness (QED) is 0.483. The van der Waals surface area contributed by atoms with Crippen LogP contribution in [-0.4, -0.2) is 60.7 Å². The minimum atomic E-state index is -0.173. The van der Waals surface area contributed by atoms with E-state index in [1.165, 1.54) is 18.0 Å². The minimum Gasteiger partial charge on any atom is -0.459 e. The van der Waals surface area contributed by atoms with Gasteiger partial charge in [-0.3, -0.25) is 14.4 Å². The van der Waals surface area contributed by atoms with Crippen molar-refractivity contribution in [1.82, 2.24) is 9.80 Å². The molecule has 9 heteroatoms. The number of likely N-dealkylation sites (N-methyl/N-ethyl adjacent to an activating group) is 1. The van der Waals surface area contributed by atoms with Crippen molar-refractivity contribution in [2.75, 3.05) is 38.1 Å². The van der Waals surface area contributed by atoms with E-state index >= 15 is 0 Å². The van der Waals surface area contributed by atoms with E-state index in [9.17, 15) is 14.4 Å². The van der Waals surface area contributed by atoms with Gasteiger partial charge in [0.15, 0.2) is 5.76 Å². The zero-order valence-electron chi connectivity index (χ0n) is 18.9. The van der Waals surface area contributed by atoms with E-state index in [4.69, 9.17) is 16.0 Å². The highest BCUT2D eigenvalue weighted by molar-refractivity contribution is 8.04. The molecule has 0 atom stereocenters. The van der Waals surface area contributed by atoms with Gasteiger partial charge in [0.25, 0.3) is 17.7 Å². The van der Waals surface area contributed by atoms with E-state index in [-0.39, 0.29) is 17.7 Å². The summed E-state index contributed by atoms with van der Waals surface area (Å²) >= 11 is 7.63. The van der Waals surface area contributed by atoms with Crippen LogP contribution in [0.5, 0.6) is 0 Å². The maximum Gasteiger partial charge on any atom is 0.289 e. The van der Waals surface area contributed by atoms with Crippen LogP contribution >= 0.6 is 23.4 Å². The first-order valence-corrected chi connectivity index (χ1v) is 12.3. The fourth-order valence-electron chi connectivity index (χ4n) is 4.11. The third-order valence-corrected chi connectivity index (χ3v) is 7.50. The molecule has 2 aliphatic heterocycles. The third-order valence-electron chi connectivity index (χ3n) is 6.08. The van der Waals surface area contributed by atoms with Crippen molar-refractivity contribution in [2.45, 2.75) is 4.90 Å². The lowest BCUT2D eigenvalue weighted by atomic mass is 10.1. The number of carbonyl (C=O) groups excluding carboxylic acids is 3. The number of nitrogens with zero attached hydrogens (tertiary/aromatic N) is 3. The molecule has 1 aromatic heterocycles. The van der Waals surface area contributed by atoms with Gasteiger partial charge in [-0.15, -0.1) is 0 Å². The van der Waals surface area contributed by atoms with Crippen LogP contribution in [0, 0.1) is 0 Å². The molecular formula is C26H22ClN3O4S. The summed E-state index contributed by atoms with van der Waals surface area (Å²) in [4.78, 5) is 45.1. The van der Waals surface area contributed by atoms with E-state index in [0.29, 0.717) is 53.1 Å². The smallest absolute Gasteiger partial charge is 0.289 e. The van der Waals surface area contributed by atoms with Gasteiger partial charge in [0.2, 0.25) is 0 Å². The summed E-state index contributed by atoms with van der Waals surface area (Å²) in [6.45, 7) is 1.72. The first-order chi connectivity index (χ1) is 16.9. The van der Waals surface area contributed by atoms with E-state index in [0.717, 1.165) is 10.5 Å². The molecule has 3 aromatic rings. The highest BCUT2D eigenvalue weighted by atomic mass is 35.5. The summed E-state index contributed by atoms with van der Waals surface area (Å²) in [6, 6.07) is 16.1. The fourth-order valence-corrected chi connectivity index (χ4v) is 5.39. The van der Waals surface area contributed by atoms with Gasteiger partial charge in [0.1, 0.15) is 0 Å². The molecule has 0 N–H and O–H groups in total. The predicted octanol–water partition coefficient (Wildman–Crippen LogP) is 4.64. The van der Waals surface area contributed by atoms with Crippen molar-refractivity contribution < 1.29 is 18.8 Å². The Labute approximate surface area is 211 Å². The fraction of sp³-hybridized carbons (Fsp3) is 0.192. The second-order valence-electron chi connectivity index (χ2n) is 8.24. The summed E-state index contributed by atoms with van der Waals surface area (Å²) in [5.41, 5.74) is 1.97. The van der Waals surface area contributed by atoms with Crippen LogP contribution in [0.15, 0.2) is 75.1 Å². The van der Waals surface area contributed by atoms with Crippen molar-refractivity contribution in [3.05, 3.63) is 87.7 Å². The van der Waals surface area contributed by atoms with Gasteiger partial charge in [0, 0.05) is 48.7 Å². The molecule has 1 fully saturated rings. The molecule has 0 spiro atoms. The van der Waals surface area contributed by atoms with Crippen LogP contribution in [0.4, 0.5) is 5.69 Å². The first kappa shape index (κ1) is 23.3. The largest absolute Gasteiger partial charge is 0.459 e. The Morgan fingerprint density at radius 1 is 0.971 bits per heavy atom. The molecular weight excluding hydrogens is 486 g/mol. The first-order valence-electron chi connectivity index (χ1n) is 11.1. The molecule has 178 valence electrons. The Bertz CT molecular complexity index is 1330. The number of amides is 3. The molecule has 7 nitrogen and oxygen atoms in total. The molecule has 3 amide bonds. The molecule has 0 radical (unpaired) electrons. The molecule has 3 heterocycles. The van der Waals surface area contributed by atoms with E-state index in [1.807, 2.05) is 24.3 Å². The van der Waals surface area contributed by atoms with E-state index in [2.05, 4.69) is 0 Å². The van der Waals surface area contributed by atoms with Crippen molar-refractivity contribution in [2.24, 2.45) is 0 Å². The third kappa shape index (κ3) is 4.59.